The fraction of sp³-hybridized carbons (Fsp3) is 0.346. The van der Waals surface area contributed by atoms with Crippen molar-refractivity contribution in [1.29, 1.82) is 0 Å². The van der Waals surface area contributed by atoms with Crippen LogP contribution in [0.2, 0.25) is 39.3 Å². The van der Waals surface area contributed by atoms with Crippen LogP contribution < -0.4 is 14.9 Å². The summed E-state index contributed by atoms with van der Waals surface area (Å²) in [6.45, 7) is 13.9. The SMILES string of the molecule is [2H]C([2H])([2H])c1cc(C)c(-c2ccc([Si](C)(C)C)c[n+]2C)cc1-c1ccc([Si](C)(C)C)cc1. The molecule has 1 nitrogen and oxygen atoms in total. The van der Waals surface area contributed by atoms with Crippen molar-refractivity contribution in [2.75, 3.05) is 0 Å². The number of aromatic nitrogens is 1. The van der Waals surface area contributed by atoms with E-state index in [4.69, 9.17) is 4.11 Å². The van der Waals surface area contributed by atoms with Gasteiger partial charge < -0.3 is 0 Å². The zero-order valence-electron chi connectivity index (χ0n) is 22.1. The Balaban J connectivity index is 2.21. The van der Waals surface area contributed by atoms with Gasteiger partial charge in [0.15, 0.2) is 6.20 Å². The summed E-state index contributed by atoms with van der Waals surface area (Å²) in [6.07, 6.45) is 2.24. The van der Waals surface area contributed by atoms with Gasteiger partial charge in [0.25, 0.3) is 0 Å². The third-order valence-corrected chi connectivity index (χ3v) is 9.80. The minimum atomic E-state index is -2.17. The van der Waals surface area contributed by atoms with Crippen molar-refractivity contribution in [2.24, 2.45) is 7.05 Å². The molecular weight excluding hydrogens is 382 g/mol. The van der Waals surface area contributed by atoms with Gasteiger partial charge >= 0.3 is 0 Å². The van der Waals surface area contributed by atoms with E-state index in [1.54, 1.807) is 0 Å². The topological polar surface area (TPSA) is 3.88 Å². The van der Waals surface area contributed by atoms with Crippen LogP contribution >= 0.6 is 0 Å². The minimum absolute atomic E-state index is 0.417. The minimum Gasteiger partial charge on any atom is -0.201 e. The van der Waals surface area contributed by atoms with Crippen LogP contribution in [0.4, 0.5) is 0 Å². The van der Waals surface area contributed by atoms with Crippen LogP contribution in [-0.4, -0.2) is 16.1 Å². The van der Waals surface area contributed by atoms with Crippen molar-refractivity contribution in [3.05, 3.63) is 65.9 Å². The summed E-state index contributed by atoms with van der Waals surface area (Å²) < 4.78 is 26.6. The lowest BCUT2D eigenvalue weighted by molar-refractivity contribution is -0.659. The highest BCUT2D eigenvalue weighted by Crippen LogP contribution is 2.31. The van der Waals surface area contributed by atoms with Gasteiger partial charge in [-0.1, -0.05) is 80.9 Å². The molecule has 0 saturated carbocycles. The number of pyridine rings is 1. The molecule has 0 radical (unpaired) electrons. The lowest BCUT2D eigenvalue weighted by atomic mass is 9.93. The van der Waals surface area contributed by atoms with E-state index < -0.39 is 23.0 Å². The molecular formula is C26H36NSi2+. The number of hydrogen-bond donors (Lipinski definition) is 0. The Morgan fingerprint density at radius 3 is 1.83 bits per heavy atom. The Morgan fingerprint density at radius 1 is 0.724 bits per heavy atom. The van der Waals surface area contributed by atoms with Crippen LogP contribution in [0.15, 0.2) is 54.7 Å². The average Bonchev–Trinajstić information content (AvgIpc) is 2.66. The zero-order valence-corrected chi connectivity index (χ0v) is 21.1. The van der Waals surface area contributed by atoms with Crippen LogP contribution in [0.1, 0.15) is 15.2 Å². The first kappa shape index (κ1) is 17.8. The summed E-state index contributed by atoms with van der Waals surface area (Å²) in [5, 5.41) is 2.78. The van der Waals surface area contributed by atoms with E-state index in [9.17, 15) is 0 Å². The molecule has 0 fully saturated rings. The third-order valence-electron chi connectivity index (χ3n) is 5.70. The first-order valence-corrected chi connectivity index (χ1v) is 17.4. The molecule has 0 amide bonds. The van der Waals surface area contributed by atoms with Gasteiger partial charge in [0.05, 0.1) is 16.1 Å². The van der Waals surface area contributed by atoms with E-state index in [0.717, 1.165) is 27.9 Å². The summed E-state index contributed by atoms with van der Waals surface area (Å²) in [6, 6.07) is 16.9. The van der Waals surface area contributed by atoms with Crippen molar-refractivity contribution < 1.29 is 8.68 Å². The van der Waals surface area contributed by atoms with Gasteiger partial charge in [-0.15, -0.1) is 0 Å². The van der Waals surface area contributed by atoms with Gasteiger partial charge in [0, 0.05) is 20.9 Å². The first-order valence-electron chi connectivity index (χ1n) is 11.9. The molecule has 2 aromatic carbocycles. The second-order valence-corrected chi connectivity index (χ2v) is 20.4. The van der Waals surface area contributed by atoms with Crippen LogP contribution in [0, 0.1) is 13.8 Å². The molecule has 0 aliphatic carbocycles. The van der Waals surface area contributed by atoms with E-state index in [2.05, 4.69) is 99.6 Å². The molecule has 0 bridgehead atoms. The highest BCUT2D eigenvalue weighted by molar-refractivity contribution is 6.89. The summed E-state index contributed by atoms with van der Waals surface area (Å²) in [5.74, 6) is 0. The van der Waals surface area contributed by atoms with E-state index in [1.165, 1.54) is 10.4 Å². The normalized spacial score (nSPS) is 14.3. The molecule has 1 heterocycles. The Kier molecular flexibility index (Phi) is 4.73. The van der Waals surface area contributed by atoms with Crippen molar-refractivity contribution in [3.8, 4) is 22.4 Å². The van der Waals surface area contributed by atoms with E-state index in [0.29, 0.717) is 5.56 Å². The smallest absolute Gasteiger partial charge is 0.201 e. The summed E-state index contributed by atoms with van der Waals surface area (Å²) in [5.41, 5.74) is 5.33. The number of aryl methyl sites for hydroxylation is 3. The molecule has 0 atom stereocenters. The standard InChI is InChI=1S/C26H36NSi2/c1-19-16-20(2)25(26-15-14-23(18-27(26)3)29(7,8)9)17-24(19)21-10-12-22(13-11-21)28(4,5)6/h10-18H,1-9H3/q+1/i1D3. The predicted molar refractivity (Wildman–Crippen MR) is 134 cm³/mol. The molecule has 3 aromatic rings. The van der Waals surface area contributed by atoms with Crippen LogP contribution in [-0.2, 0) is 7.05 Å². The highest BCUT2D eigenvalue weighted by atomic mass is 28.3. The Bertz CT molecular complexity index is 1140. The molecule has 0 aliphatic rings. The maximum Gasteiger partial charge on any atom is 0.212 e. The average molecular weight is 422 g/mol. The quantitative estimate of drug-likeness (QED) is 0.384. The number of rotatable bonds is 4. The molecule has 3 heteroatoms. The number of benzene rings is 2. The highest BCUT2D eigenvalue weighted by Gasteiger charge is 2.22. The Hall–Kier alpha value is -1.98. The van der Waals surface area contributed by atoms with Crippen molar-refractivity contribution >= 4 is 26.5 Å². The summed E-state index contributed by atoms with van der Waals surface area (Å²) in [7, 11) is -0.750. The second kappa shape index (κ2) is 7.69. The van der Waals surface area contributed by atoms with Crippen molar-refractivity contribution in [2.45, 2.75) is 53.1 Å². The first-order chi connectivity index (χ1) is 14.6. The van der Waals surface area contributed by atoms with Gasteiger partial charge in [-0.2, -0.15) is 0 Å². The Morgan fingerprint density at radius 2 is 1.31 bits per heavy atom. The monoisotopic (exact) mass is 421 g/mol. The molecule has 29 heavy (non-hydrogen) atoms. The van der Waals surface area contributed by atoms with Gasteiger partial charge in [0.2, 0.25) is 5.69 Å². The van der Waals surface area contributed by atoms with Crippen LogP contribution in [0.3, 0.4) is 0 Å². The molecule has 0 spiro atoms. The predicted octanol–water partition coefficient (Wildman–Crippen LogP) is 5.55. The zero-order chi connectivity index (χ0) is 24.1. The molecule has 1 aromatic heterocycles. The molecule has 0 N–H and O–H groups in total. The third kappa shape index (κ3) is 4.62. The van der Waals surface area contributed by atoms with E-state index in [-0.39, 0.29) is 0 Å². The largest absolute Gasteiger partial charge is 0.212 e. The van der Waals surface area contributed by atoms with Crippen molar-refractivity contribution in [3.63, 3.8) is 0 Å². The molecule has 0 aliphatic heterocycles. The lowest BCUT2D eigenvalue weighted by Crippen LogP contribution is -2.44. The molecule has 0 unspecified atom stereocenters. The van der Waals surface area contributed by atoms with Gasteiger partial charge in [-0.05, 0) is 42.1 Å². The second-order valence-electron chi connectivity index (χ2n) is 10.2. The van der Waals surface area contributed by atoms with Crippen LogP contribution in [0.25, 0.3) is 22.4 Å². The molecule has 3 rings (SSSR count). The van der Waals surface area contributed by atoms with Gasteiger partial charge in [0.1, 0.15) is 7.05 Å². The van der Waals surface area contributed by atoms with Gasteiger partial charge in [-0.25, -0.2) is 4.57 Å². The summed E-state index contributed by atoms with van der Waals surface area (Å²) in [4.78, 5) is 0. The number of nitrogens with zero attached hydrogens (tertiary/aromatic N) is 1. The van der Waals surface area contributed by atoms with Gasteiger partial charge in [-0.3, -0.25) is 0 Å². The van der Waals surface area contributed by atoms with Crippen molar-refractivity contribution in [1.82, 2.24) is 0 Å². The molecule has 0 saturated heterocycles. The fourth-order valence-electron chi connectivity index (χ4n) is 3.70. The maximum absolute atomic E-state index is 8.15. The Labute approximate surface area is 183 Å². The van der Waals surface area contributed by atoms with E-state index in [1.807, 2.05) is 13.0 Å². The summed E-state index contributed by atoms with van der Waals surface area (Å²) >= 11 is 0. The lowest BCUT2D eigenvalue weighted by Gasteiger charge is -2.18. The fourth-order valence-corrected chi connectivity index (χ4v) is 6.03. The molecule has 152 valence electrons. The number of hydrogen-bond acceptors (Lipinski definition) is 0. The van der Waals surface area contributed by atoms with Crippen LogP contribution in [0.5, 0.6) is 0 Å². The maximum atomic E-state index is 8.15. The van der Waals surface area contributed by atoms with E-state index >= 15 is 0 Å².